The molecule has 1 unspecified atom stereocenters. The maximum Gasteiger partial charge on any atom is 0.0172 e. The van der Waals surface area contributed by atoms with Gasteiger partial charge in [0.2, 0.25) is 0 Å². The maximum absolute atomic E-state index is 3.52. The zero-order valence-electron chi connectivity index (χ0n) is 9.73. The highest BCUT2D eigenvalue weighted by Gasteiger charge is 2.14. The number of rotatable bonds is 5. The summed E-state index contributed by atoms with van der Waals surface area (Å²) in [6.07, 6.45) is 2.82. The fourth-order valence-electron chi connectivity index (χ4n) is 1.59. The van der Waals surface area contributed by atoms with Crippen LogP contribution in [-0.2, 0) is 0 Å². The molecule has 0 aromatic carbocycles. The topological polar surface area (TPSA) is 24.1 Å². The fraction of sp³-hybridized carbons (Fsp3) is 1.00. The van der Waals surface area contributed by atoms with Crippen LogP contribution in [0.1, 0.15) is 33.6 Å². The third-order valence-electron chi connectivity index (χ3n) is 2.35. The Morgan fingerprint density at radius 2 is 2.07 bits per heavy atom. The van der Waals surface area contributed by atoms with Crippen LogP contribution < -0.4 is 10.6 Å². The van der Waals surface area contributed by atoms with Crippen molar-refractivity contribution in [1.82, 2.24) is 10.6 Å². The highest BCUT2D eigenvalue weighted by molar-refractivity contribution is 8.00. The average molecular weight is 216 g/mol. The standard InChI is InChI=1S/C11H24N2S/c1-11(2,3)13-7-6-12-9-10-5-4-8-14-10/h10,12-13H,4-9H2,1-3H3. The quantitative estimate of drug-likeness (QED) is 0.686. The number of thioether (sulfide) groups is 1. The lowest BCUT2D eigenvalue weighted by Gasteiger charge is -2.20. The molecule has 84 valence electrons. The average Bonchev–Trinajstić information content (AvgIpc) is 2.54. The Hall–Kier alpha value is 0.270. The molecule has 0 bridgehead atoms. The summed E-state index contributed by atoms with van der Waals surface area (Å²) in [6, 6.07) is 0. The van der Waals surface area contributed by atoms with Gasteiger partial charge in [0.15, 0.2) is 0 Å². The molecular formula is C11H24N2S. The van der Waals surface area contributed by atoms with Crippen molar-refractivity contribution >= 4 is 11.8 Å². The smallest absolute Gasteiger partial charge is 0.0172 e. The predicted octanol–water partition coefficient (Wildman–Crippen LogP) is 1.86. The van der Waals surface area contributed by atoms with Crippen LogP contribution in [0.15, 0.2) is 0 Å². The Balaban J connectivity index is 1.89. The van der Waals surface area contributed by atoms with Gasteiger partial charge in [-0.1, -0.05) is 0 Å². The molecule has 0 aromatic rings. The van der Waals surface area contributed by atoms with Crippen molar-refractivity contribution in [3.63, 3.8) is 0 Å². The van der Waals surface area contributed by atoms with E-state index in [2.05, 4.69) is 43.2 Å². The van der Waals surface area contributed by atoms with Crippen LogP contribution in [0.25, 0.3) is 0 Å². The first-order valence-electron chi connectivity index (χ1n) is 5.65. The number of hydrogen-bond acceptors (Lipinski definition) is 3. The molecular weight excluding hydrogens is 192 g/mol. The lowest BCUT2D eigenvalue weighted by molar-refractivity contribution is 0.421. The summed E-state index contributed by atoms with van der Waals surface area (Å²) >= 11 is 2.12. The summed E-state index contributed by atoms with van der Waals surface area (Å²) in [4.78, 5) is 0. The molecule has 0 amide bonds. The molecule has 2 nitrogen and oxygen atoms in total. The Morgan fingerprint density at radius 1 is 1.29 bits per heavy atom. The molecule has 0 saturated carbocycles. The van der Waals surface area contributed by atoms with E-state index < -0.39 is 0 Å². The summed E-state index contributed by atoms with van der Waals surface area (Å²) in [5.41, 5.74) is 0.254. The van der Waals surface area contributed by atoms with Gasteiger partial charge >= 0.3 is 0 Å². The summed E-state index contributed by atoms with van der Waals surface area (Å²) in [5.74, 6) is 1.37. The van der Waals surface area contributed by atoms with Crippen molar-refractivity contribution in [2.75, 3.05) is 25.4 Å². The zero-order valence-corrected chi connectivity index (χ0v) is 10.5. The van der Waals surface area contributed by atoms with E-state index in [4.69, 9.17) is 0 Å². The zero-order chi connectivity index (χ0) is 10.4. The van der Waals surface area contributed by atoms with E-state index >= 15 is 0 Å². The van der Waals surface area contributed by atoms with Crippen LogP contribution in [0, 0.1) is 0 Å². The molecule has 1 fully saturated rings. The van der Waals surface area contributed by atoms with E-state index in [0.29, 0.717) is 0 Å². The van der Waals surface area contributed by atoms with Crippen LogP contribution in [0.3, 0.4) is 0 Å². The van der Waals surface area contributed by atoms with Gasteiger partial charge in [-0.15, -0.1) is 0 Å². The second-order valence-electron chi connectivity index (χ2n) is 5.02. The third-order valence-corrected chi connectivity index (χ3v) is 3.75. The van der Waals surface area contributed by atoms with Gasteiger partial charge in [0.05, 0.1) is 0 Å². The van der Waals surface area contributed by atoms with E-state index in [0.717, 1.165) is 18.3 Å². The SMILES string of the molecule is CC(C)(C)NCCNCC1CCCS1. The number of hydrogen-bond donors (Lipinski definition) is 2. The van der Waals surface area contributed by atoms with Gasteiger partial charge in [-0.3, -0.25) is 0 Å². The fourth-order valence-corrected chi connectivity index (χ4v) is 2.83. The van der Waals surface area contributed by atoms with E-state index in [9.17, 15) is 0 Å². The van der Waals surface area contributed by atoms with Gasteiger partial charge in [-0.25, -0.2) is 0 Å². The summed E-state index contributed by atoms with van der Waals surface area (Å²) in [6.45, 7) is 9.98. The molecule has 0 aromatic heterocycles. The van der Waals surface area contributed by atoms with Crippen molar-refractivity contribution in [3.05, 3.63) is 0 Å². The van der Waals surface area contributed by atoms with Crippen LogP contribution in [0.5, 0.6) is 0 Å². The van der Waals surface area contributed by atoms with Gasteiger partial charge in [0.1, 0.15) is 0 Å². The Bertz CT molecular complexity index is 148. The van der Waals surface area contributed by atoms with E-state index in [1.165, 1.54) is 25.1 Å². The largest absolute Gasteiger partial charge is 0.314 e. The molecule has 1 atom stereocenters. The lowest BCUT2D eigenvalue weighted by Crippen LogP contribution is -2.41. The molecule has 0 radical (unpaired) electrons. The Labute approximate surface area is 92.6 Å². The van der Waals surface area contributed by atoms with Crippen molar-refractivity contribution in [2.24, 2.45) is 0 Å². The highest BCUT2D eigenvalue weighted by atomic mass is 32.2. The molecule has 0 spiro atoms. The van der Waals surface area contributed by atoms with Crippen molar-refractivity contribution in [1.29, 1.82) is 0 Å². The molecule has 1 rings (SSSR count). The molecule has 3 heteroatoms. The summed E-state index contributed by atoms with van der Waals surface area (Å²) in [5, 5.41) is 7.87. The molecule has 0 aliphatic carbocycles. The molecule has 14 heavy (non-hydrogen) atoms. The minimum atomic E-state index is 0.254. The maximum atomic E-state index is 3.52. The summed E-state index contributed by atoms with van der Waals surface area (Å²) < 4.78 is 0. The van der Waals surface area contributed by atoms with Gasteiger partial charge < -0.3 is 10.6 Å². The van der Waals surface area contributed by atoms with E-state index in [1.807, 2.05) is 0 Å². The number of nitrogens with one attached hydrogen (secondary N) is 2. The van der Waals surface area contributed by atoms with Crippen LogP contribution in [-0.4, -0.2) is 36.2 Å². The predicted molar refractivity (Wildman–Crippen MR) is 66.1 cm³/mol. The normalized spacial score (nSPS) is 22.9. The second-order valence-corrected chi connectivity index (χ2v) is 6.42. The van der Waals surface area contributed by atoms with Crippen molar-refractivity contribution in [3.8, 4) is 0 Å². The first-order chi connectivity index (χ1) is 6.58. The Morgan fingerprint density at radius 3 is 2.64 bits per heavy atom. The van der Waals surface area contributed by atoms with Crippen LogP contribution in [0.4, 0.5) is 0 Å². The summed E-state index contributed by atoms with van der Waals surface area (Å²) in [7, 11) is 0. The van der Waals surface area contributed by atoms with Gasteiger partial charge in [0, 0.05) is 30.4 Å². The third kappa shape index (κ3) is 5.89. The molecule has 1 aliphatic rings. The van der Waals surface area contributed by atoms with Gasteiger partial charge in [0.25, 0.3) is 0 Å². The molecule has 1 aliphatic heterocycles. The first kappa shape index (κ1) is 12.3. The van der Waals surface area contributed by atoms with Crippen LogP contribution in [0.2, 0.25) is 0 Å². The molecule has 2 N–H and O–H groups in total. The van der Waals surface area contributed by atoms with E-state index in [-0.39, 0.29) is 5.54 Å². The first-order valence-corrected chi connectivity index (χ1v) is 6.70. The minimum Gasteiger partial charge on any atom is -0.314 e. The van der Waals surface area contributed by atoms with Gasteiger partial charge in [-0.2, -0.15) is 11.8 Å². The van der Waals surface area contributed by atoms with E-state index in [1.54, 1.807) is 0 Å². The minimum absolute atomic E-state index is 0.254. The lowest BCUT2D eigenvalue weighted by atomic mass is 10.1. The molecule has 1 saturated heterocycles. The van der Waals surface area contributed by atoms with Gasteiger partial charge in [-0.05, 0) is 39.4 Å². The van der Waals surface area contributed by atoms with Crippen molar-refractivity contribution in [2.45, 2.75) is 44.4 Å². The van der Waals surface area contributed by atoms with Crippen LogP contribution >= 0.6 is 11.8 Å². The second kappa shape index (κ2) is 5.99. The molecule has 1 heterocycles. The monoisotopic (exact) mass is 216 g/mol. The highest BCUT2D eigenvalue weighted by Crippen LogP contribution is 2.24. The Kier molecular flexibility index (Phi) is 5.28. The van der Waals surface area contributed by atoms with Crippen molar-refractivity contribution < 1.29 is 0 Å².